The maximum atomic E-state index is 12.5. The van der Waals surface area contributed by atoms with Crippen LogP contribution in [0, 0.1) is 0 Å². The fourth-order valence-corrected chi connectivity index (χ4v) is 2.82. The van der Waals surface area contributed by atoms with Gasteiger partial charge in [0.15, 0.2) is 11.5 Å². The molecule has 0 aliphatic rings. The van der Waals surface area contributed by atoms with Gasteiger partial charge in [0.1, 0.15) is 11.4 Å². The van der Waals surface area contributed by atoms with Crippen LogP contribution in [-0.2, 0) is 0 Å². The summed E-state index contributed by atoms with van der Waals surface area (Å²) in [6, 6.07) is 10.7. The topological polar surface area (TPSA) is 94.2 Å². The number of fused-ring (bicyclic) bond motifs is 1. The first kappa shape index (κ1) is 19.1. The first-order valence-corrected chi connectivity index (χ1v) is 8.40. The Hall–Kier alpha value is -3.68. The van der Waals surface area contributed by atoms with E-state index in [9.17, 15) is 4.79 Å². The lowest BCUT2D eigenvalue weighted by Gasteiger charge is -2.12. The van der Waals surface area contributed by atoms with E-state index in [1.165, 1.54) is 27.5 Å². The number of nitrogens with zero attached hydrogens (tertiary/aromatic N) is 1. The van der Waals surface area contributed by atoms with Crippen molar-refractivity contribution in [2.75, 3.05) is 28.4 Å². The zero-order valence-electron chi connectivity index (χ0n) is 16.0. The fourth-order valence-electron chi connectivity index (χ4n) is 2.82. The number of methoxy groups -OCH3 is 4. The third kappa shape index (κ3) is 3.71. The van der Waals surface area contributed by atoms with Crippen LogP contribution in [0.15, 0.2) is 41.5 Å². The van der Waals surface area contributed by atoms with Crippen molar-refractivity contribution in [2.24, 2.45) is 5.10 Å². The van der Waals surface area contributed by atoms with Crippen LogP contribution in [0.1, 0.15) is 16.1 Å². The largest absolute Gasteiger partial charge is 0.497 e. The Morgan fingerprint density at radius 1 is 1.00 bits per heavy atom. The first-order chi connectivity index (χ1) is 13.6. The Balaban J connectivity index is 1.84. The van der Waals surface area contributed by atoms with Gasteiger partial charge in [-0.15, -0.1) is 0 Å². The summed E-state index contributed by atoms with van der Waals surface area (Å²) in [6.45, 7) is 0. The van der Waals surface area contributed by atoms with Gasteiger partial charge in [0.2, 0.25) is 5.75 Å². The van der Waals surface area contributed by atoms with Gasteiger partial charge < -0.3 is 23.9 Å². The van der Waals surface area contributed by atoms with E-state index in [2.05, 4.69) is 15.5 Å². The summed E-state index contributed by atoms with van der Waals surface area (Å²) in [6.07, 6.45) is 1.54. The number of carbonyl (C=O) groups is 1. The van der Waals surface area contributed by atoms with Gasteiger partial charge in [-0.25, -0.2) is 5.43 Å². The number of hydrazone groups is 1. The van der Waals surface area contributed by atoms with Crippen LogP contribution in [0.2, 0.25) is 0 Å². The van der Waals surface area contributed by atoms with Crippen molar-refractivity contribution in [1.29, 1.82) is 0 Å². The molecule has 146 valence electrons. The van der Waals surface area contributed by atoms with Crippen LogP contribution in [0.4, 0.5) is 0 Å². The van der Waals surface area contributed by atoms with E-state index in [0.29, 0.717) is 39.6 Å². The van der Waals surface area contributed by atoms with E-state index in [-0.39, 0.29) is 0 Å². The van der Waals surface area contributed by atoms with Gasteiger partial charge in [-0.2, -0.15) is 5.10 Å². The second kappa shape index (κ2) is 8.34. The third-order valence-electron chi connectivity index (χ3n) is 4.14. The SMILES string of the molecule is COc1cccc(C=NNC(=O)c2cc3c(OC)c(OC)c(OC)cc3[nH]2)c1. The van der Waals surface area contributed by atoms with Crippen LogP contribution >= 0.6 is 0 Å². The van der Waals surface area contributed by atoms with Crippen LogP contribution in [0.5, 0.6) is 23.0 Å². The Morgan fingerprint density at radius 2 is 1.79 bits per heavy atom. The van der Waals surface area contributed by atoms with E-state index in [4.69, 9.17) is 18.9 Å². The van der Waals surface area contributed by atoms with Crippen molar-refractivity contribution in [3.05, 3.63) is 47.7 Å². The molecule has 0 bridgehead atoms. The molecule has 0 atom stereocenters. The van der Waals surface area contributed by atoms with Gasteiger partial charge in [0.05, 0.1) is 40.2 Å². The highest BCUT2D eigenvalue weighted by molar-refractivity contribution is 6.01. The molecule has 0 aliphatic heterocycles. The van der Waals surface area contributed by atoms with Crippen LogP contribution in [0.25, 0.3) is 10.9 Å². The van der Waals surface area contributed by atoms with Gasteiger partial charge in [-0.1, -0.05) is 12.1 Å². The Labute approximate surface area is 162 Å². The van der Waals surface area contributed by atoms with Crippen molar-refractivity contribution in [3.63, 3.8) is 0 Å². The van der Waals surface area contributed by atoms with Gasteiger partial charge >= 0.3 is 0 Å². The maximum Gasteiger partial charge on any atom is 0.287 e. The van der Waals surface area contributed by atoms with Crippen LogP contribution in [-0.4, -0.2) is 45.5 Å². The minimum atomic E-state index is -0.393. The first-order valence-electron chi connectivity index (χ1n) is 8.40. The van der Waals surface area contributed by atoms with Gasteiger partial charge in [0, 0.05) is 11.5 Å². The van der Waals surface area contributed by atoms with Crippen LogP contribution < -0.4 is 24.4 Å². The highest BCUT2D eigenvalue weighted by Gasteiger charge is 2.19. The second-order valence-corrected chi connectivity index (χ2v) is 5.77. The molecule has 0 aliphatic carbocycles. The summed E-state index contributed by atoms with van der Waals surface area (Å²) in [5.74, 6) is 1.75. The Kier molecular flexibility index (Phi) is 5.69. The molecule has 28 heavy (non-hydrogen) atoms. The highest BCUT2D eigenvalue weighted by Crippen LogP contribution is 2.43. The molecule has 1 aromatic heterocycles. The number of aromatic nitrogens is 1. The molecule has 0 saturated heterocycles. The van der Waals surface area contributed by atoms with E-state index >= 15 is 0 Å². The molecule has 0 fully saturated rings. The molecule has 2 N–H and O–H groups in total. The molecule has 0 unspecified atom stereocenters. The number of rotatable bonds is 7. The number of H-pyrrole nitrogens is 1. The number of ether oxygens (including phenoxy) is 4. The molecule has 8 heteroatoms. The van der Waals surface area contributed by atoms with Crippen molar-refractivity contribution >= 4 is 23.0 Å². The van der Waals surface area contributed by atoms with Gasteiger partial charge in [-0.05, 0) is 23.8 Å². The molecule has 2 aromatic carbocycles. The molecule has 0 saturated carbocycles. The normalized spacial score (nSPS) is 10.9. The van der Waals surface area contributed by atoms with Gasteiger partial charge in [-0.3, -0.25) is 4.79 Å². The summed E-state index contributed by atoms with van der Waals surface area (Å²) in [5.41, 5.74) is 4.30. The van der Waals surface area contributed by atoms with Crippen molar-refractivity contribution in [3.8, 4) is 23.0 Å². The Morgan fingerprint density at radius 3 is 2.46 bits per heavy atom. The molecular formula is C20H21N3O5. The summed E-state index contributed by atoms with van der Waals surface area (Å²) < 4.78 is 21.3. The van der Waals surface area contributed by atoms with Gasteiger partial charge in [0.25, 0.3) is 5.91 Å². The maximum absolute atomic E-state index is 12.5. The Bertz CT molecular complexity index is 1030. The average Bonchev–Trinajstić information content (AvgIpc) is 3.16. The molecular weight excluding hydrogens is 362 g/mol. The molecule has 8 nitrogen and oxygen atoms in total. The quantitative estimate of drug-likeness (QED) is 0.483. The predicted molar refractivity (Wildman–Crippen MR) is 106 cm³/mol. The second-order valence-electron chi connectivity index (χ2n) is 5.77. The van der Waals surface area contributed by atoms with E-state index in [1.807, 2.05) is 24.3 Å². The average molecular weight is 383 g/mol. The minimum Gasteiger partial charge on any atom is -0.497 e. The van der Waals surface area contributed by atoms with Crippen LogP contribution in [0.3, 0.4) is 0 Å². The standard InChI is InChI=1S/C20H21N3O5/c1-25-13-7-5-6-12(8-13)11-21-23-20(24)16-9-14-15(22-16)10-17(26-2)19(28-4)18(14)27-3/h5-11,22H,1-4H3,(H,23,24). The zero-order chi connectivity index (χ0) is 20.1. The predicted octanol–water partition coefficient (Wildman–Crippen LogP) is 2.97. The number of hydrogen-bond acceptors (Lipinski definition) is 6. The van der Waals surface area contributed by atoms with E-state index in [1.54, 1.807) is 19.2 Å². The molecule has 1 amide bonds. The monoisotopic (exact) mass is 383 g/mol. The number of amides is 1. The van der Waals surface area contributed by atoms with Crippen molar-refractivity contribution in [2.45, 2.75) is 0 Å². The van der Waals surface area contributed by atoms with Crippen molar-refractivity contribution < 1.29 is 23.7 Å². The number of nitrogens with one attached hydrogen (secondary N) is 2. The lowest BCUT2D eigenvalue weighted by molar-refractivity contribution is 0.0951. The molecule has 3 rings (SSSR count). The molecule has 0 spiro atoms. The van der Waals surface area contributed by atoms with Crippen molar-refractivity contribution in [1.82, 2.24) is 10.4 Å². The van der Waals surface area contributed by atoms with E-state index < -0.39 is 5.91 Å². The summed E-state index contributed by atoms with van der Waals surface area (Å²) in [5, 5.41) is 4.69. The molecule has 3 aromatic rings. The smallest absolute Gasteiger partial charge is 0.287 e. The third-order valence-corrected chi connectivity index (χ3v) is 4.14. The minimum absolute atomic E-state index is 0.325. The summed E-state index contributed by atoms with van der Waals surface area (Å²) in [7, 11) is 6.18. The van der Waals surface area contributed by atoms with E-state index in [0.717, 1.165) is 5.56 Å². The summed E-state index contributed by atoms with van der Waals surface area (Å²) in [4.78, 5) is 15.5. The highest BCUT2D eigenvalue weighted by atomic mass is 16.5. The molecule has 1 heterocycles. The summed E-state index contributed by atoms with van der Waals surface area (Å²) >= 11 is 0. The number of carbonyl (C=O) groups excluding carboxylic acids is 1. The zero-order valence-corrected chi connectivity index (χ0v) is 16.0. The number of aromatic amines is 1. The number of hydrogen-bond donors (Lipinski definition) is 2. The fraction of sp³-hybridized carbons (Fsp3) is 0.200. The molecule has 0 radical (unpaired) electrons. The lowest BCUT2D eigenvalue weighted by atomic mass is 10.2. The number of benzene rings is 2. The lowest BCUT2D eigenvalue weighted by Crippen LogP contribution is -2.17.